The zero-order valence-corrected chi connectivity index (χ0v) is 13.0. The molecule has 0 radical (unpaired) electrons. The minimum absolute atomic E-state index is 0.171. The average molecular weight is 356 g/mol. The van der Waals surface area contributed by atoms with Crippen LogP contribution in [0.15, 0.2) is 22.7 Å². The molecule has 1 aromatic rings. The maximum atomic E-state index is 10.9. The third-order valence-electron chi connectivity index (χ3n) is 4.03. The van der Waals surface area contributed by atoms with E-state index in [0.717, 1.165) is 15.8 Å². The van der Waals surface area contributed by atoms with E-state index >= 15 is 0 Å². The van der Waals surface area contributed by atoms with Gasteiger partial charge in [-0.3, -0.25) is 4.90 Å². The smallest absolute Gasteiger partial charge is 0.137 e. The lowest BCUT2D eigenvalue weighted by molar-refractivity contribution is -0.267. The van der Waals surface area contributed by atoms with Gasteiger partial charge in [-0.15, -0.1) is 0 Å². The van der Waals surface area contributed by atoms with Crippen LogP contribution in [0.2, 0.25) is 0 Å². The summed E-state index contributed by atoms with van der Waals surface area (Å²) in [5.41, 5.74) is 0.935. The number of rotatable bonds is 1. The first kappa shape index (κ1) is 14.6. The van der Waals surface area contributed by atoms with Crippen LogP contribution in [0.3, 0.4) is 0 Å². The van der Waals surface area contributed by atoms with E-state index in [1.807, 2.05) is 18.2 Å². The Hall–Kier alpha value is -1.31. The SMILES string of the molecule is O=C([O-])N1CCN(C2c3cc(Br)ccc3OCC2O)CC1. The van der Waals surface area contributed by atoms with Gasteiger partial charge < -0.3 is 24.6 Å². The fourth-order valence-corrected chi connectivity index (χ4v) is 3.36. The predicted molar refractivity (Wildman–Crippen MR) is 76.9 cm³/mol. The fourth-order valence-electron chi connectivity index (χ4n) is 2.98. The summed E-state index contributed by atoms with van der Waals surface area (Å²) in [6, 6.07) is 5.57. The molecule has 0 aliphatic carbocycles. The van der Waals surface area contributed by atoms with E-state index in [2.05, 4.69) is 20.8 Å². The Balaban J connectivity index is 1.82. The molecule has 1 fully saturated rings. The van der Waals surface area contributed by atoms with Gasteiger partial charge in [-0.05, 0) is 18.2 Å². The largest absolute Gasteiger partial charge is 0.530 e. The summed E-state index contributed by atoms with van der Waals surface area (Å²) in [4.78, 5) is 14.3. The molecule has 7 heteroatoms. The summed E-state index contributed by atoms with van der Waals surface area (Å²) < 4.78 is 6.49. The third-order valence-corrected chi connectivity index (χ3v) is 4.52. The molecule has 1 aromatic carbocycles. The number of hydrogen-bond acceptors (Lipinski definition) is 5. The maximum Gasteiger partial charge on any atom is 0.137 e. The first-order valence-electron chi connectivity index (χ1n) is 6.86. The third kappa shape index (κ3) is 2.86. The monoisotopic (exact) mass is 355 g/mol. The number of carbonyl (C=O) groups is 1. The quantitative estimate of drug-likeness (QED) is 0.778. The summed E-state index contributed by atoms with van der Waals surface area (Å²) >= 11 is 3.44. The summed E-state index contributed by atoms with van der Waals surface area (Å²) in [6.45, 7) is 2.19. The molecule has 3 rings (SSSR count). The van der Waals surface area contributed by atoms with E-state index < -0.39 is 12.2 Å². The number of fused-ring (bicyclic) bond motifs is 1. The molecule has 114 valence electrons. The van der Waals surface area contributed by atoms with Crippen molar-refractivity contribution in [2.24, 2.45) is 0 Å². The Morgan fingerprint density at radius 2 is 2.05 bits per heavy atom. The van der Waals surface area contributed by atoms with Gasteiger partial charge in [-0.1, -0.05) is 15.9 Å². The number of hydrogen-bond donors (Lipinski definition) is 1. The van der Waals surface area contributed by atoms with Crippen LogP contribution in [0, 0.1) is 0 Å². The van der Waals surface area contributed by atoms with Gasteiger partial charge >= 0.3 is 0 Å². The molecule has 1 amide bonds. The van der Waals surface area contributed by atoms with E-state index in [0.29, 0.717) is 26.2 Å². The number of aliphatic hydroxyl groups excluding tert-OH is 1. The summed E-state index contributed by atoms with van der Waals surface area (Å²) in [5.74, 6) is 0.774. The molecule has 2 aliphatic rings. The van der Waals surface area contributed by atoms with Gasteiger partial charge in [0, 0.05) is 36.2 Å². The molecule has 2 unspecified atom stereocenters. The standard InChI is InChI=1S/C14H17BrN2O4/c15-9-1-2-12-10(7-9)13(11(18)8-21-12)16-3-5-17(6-4-16)14(19)20/h1-2,7,11,13,18H,3-6,8H2,(H,19,20)/p-1. The van der Waals surface area contributed by atoms with E-state index in [1.54, 1.807) is 0 Å². The number of carbonyl (C=O) groups excluding carboxylic acids is 1. The van der Waals surface area contributed by atoms with Crippen LogP contribution in [-0.2, 0) is 0 Å². The highest BCUT2D eigenvalue weighted by Crippen LogP contribution is 2.38. The second-order valence-electron chi connectivity index (χ2n) is 5.29. The van der Waals surface area contributed by atoms with Gasteiger partial charge in [0.25, 0.3) is 0 Å². The predicted octanol–water partition coefficient (Wildman–Crippen LogP) is 0.204. The number of halogens is 1. The lowest BCUT2D eigenvalue weighted by Crippen LogP contribution is -2.55. The molecule has 21 heavy (non-hydrogen) atoms. The van der Waals surface area contributed by atoms with Crippen molar-refractivity contribution < 1.29 is 19.7 Å². The number of nitrogens with zero attached hydrogens (tertiary/aromatic N) is 2. The van der Waals surface area contributed by atoms with E-state index in [-0.39, 0.29) is 12.6 Å². The minimum Gasteiger partial charge on any atom is -0.530 e. The molecule has 0 bridgehead atoms. The molecule has 6 nitrogen and oxygen atoms in total. The van der Waals surface area contributed by atoms with E-state index in [4.69, 9.17) is 4.74 Å². The Morgan fingerprint density at radius 3 is 2.71 bits per heavy atom. The van der Waals surface area contributed by atoms with Gasteiger partial charge in [-0.25, -0.2) is 0 Å². The van der Waals surface area contributed by atoms with Gasteiger partial charge in [0.2, 0.25) is 0 Å². The van der Waals surface area contributed by atoms with Gasteiger partial charge in [-0.2, -0.15) is 0 Å². The molecule has 0 saturated carbocycles. The van der Waals surface area contributed by atoms with Gasteiger partial charge in [0.05, 0.1) is 6.04 Å². The molecular weight excluding hydrogens is 340 g/mol. The first-order valence-corrected chi connectivity index (χ1v) is 7.66. The van der Waals surface area contributed by atoms with Crippen molar-refractivity contribution in [3.8, 4) is 5.75 Å². The second-order valence-corrected chi connectivity index (χ2v) is 6.21. The summed E-state index contributed by atoms with van der Waals surface area (Å²) in [7, 11) is 0. The van der Waals surface area contributed by atoms with E-state index in [1.165, 1.54) is 4.90 Å². The number of piperazine rings is 1. The zero-order valence-electron chi connectivity index (χ0n) is 11.4. The van der Waals surface area contributed by atoms with Gasteiger partial charge in [0.15, 0.2) is 0 Å². The molecule has 2 aliphatic heterocycles. The molecule has 1 saturated heterocycles. The first-order chi connectivity index (χ1) is 10.1. The minimum atomic E-state index is -1.13. The summed E-state index contributed by atoms with van der Waals surface area (Å²) in [6.07, 6.45) is -1.76. The van der Waals surface area contributed by atoms with Crippen molar-refractivity contribution in [2.45, 2.75) is 12.1 Å². The Kier molecular flexibility index (Phi) is 4.05. The zero-order chi connectivity index (χ0) is 15.0. The fraction of sp³-hybridized carbons (Fsp3) is 0.500. The van der Waals surface area contributed by atoms with Crippen molar-refractivity contribution in [3.63, 3.8) is 0 Å². The van der Waals surface area contributed by atoms with E-state index in [9.17, 15) is 15.0 Å². The molecule has 2 heterocycles. The molecular formula is C14H16BrN2O4-. The highest BCUT2D eigenvalue weighted by molar-refractivity contribution is 9.10. The lowest BCUT2D eigenvalue weighted by Gasteiger charge is -2.43. The number of benzene rings is 1. The van der Waals surface area contributed by atoms with Crippen molar-refractivity contribution >= 4 is 22.0 Å². The van der Waals surface area contributed by atoms with Crippen LogP contribution < -0.4 is 9.84 Å². The normalized spacial score (nSPS) is 26.1. The topological polar surface area (TPSA) is 76.1 Å². The maximum absolute atomic E-state index is 10.9. The molecule has 2 atom stereocenters. The van der Waals surface area contributed by atoms with Crippen LogP contribution in [0.5, 0.6) is 5.75 Å². The summed E-state index contributed by atoms with van der Waals surface area (Å²) in [5, 5.41) is 21.2. The molecule has 1 N–H and O–H groups in total. The Bertz CT molecular complexity index is 546. The Morgan fingerprint density at radius 1 is 1.33 bits per heavy atom. The Labute approximate surface area is 131 Å². The number of amides is 1. The number of aliphatic hydroxyl groups is 1. The van der Waals surface area contributed by atoms with Crippen molar-refractivity contribution in [1.29, 1.82) is 0 Å². The second kappa shape index (κ2) is 5.82. The van der Waals surface area contributed by atoms with Gasteiger partial charge in [0.1, 0.15) is 24.6 Å². The average Bonchev–Trinajstić information content (AvgIpc) is 2.47. The number of ether oxygens (including phenoxy) is 1. The van der Waals surface area contributed by atoms with Crippen molar-refractivity contribution in [2.75, 3.05) is 32.8 Å². The van der Waals surface area contributed by atoms with Crippen LogP contribution in [0.4, 0.5) is 4.79 Å². The van der Waals surface area contributed by atoms with Crippen molar-refractivity contribution in [3.05, 3.63) is 28.2 Å². The number of carboxylic acid groups (broad SMARTS) is 1. The van der Waals surface area contributed by atoms with Crippen LogP contribution >= 0.6 is 15.9 Å². The van der Waals surface area contributed by atoms with Crippen LogP contribution in [0.1, 0.15) is 11.6 Å². The molecule has 0 spiro atoms. The van der Waals surface area contributed by atoms with Crippen LogP contribution in [-0.4, -0.2) is 59.9 Å². The van der Waals surface area contributed by atoms with Crippen molar-refractivity contribution in [1.82, 2.24) is 9.80 Å². The van der Waals surface area contributed by atoms with Crippen LogP contribution in [0.25, 0.3) is 0 Å². The highest BCUT2D eigenvalue weighted by Gasteiger charge is 2.35. The lowest BCUT2D eigenvalue weighted by atomic mass is 9.96. The molecule has 0 aromatic heterocycles. The highest BCUT2D eigenvalue weighted by atomic mass is 79.9.